The van der Waals surface area contributed by atoms with Crippen LogP contribution < -0.4 is 10.6 Å². The summed E-state index contributed by atoms with van der Waals surface area (Å²) in [6.07, 6.45) is 1.38. The maximum absolute atomic E-state index is 11.7. The fraction of sp³-hybridized carbons (Fsp3) is 0.692. The van der Waals surface area contributed by atoms with E-state index in [1.165, 1.54) is 20.0 Å². The van der Waals surface area contributed by atoms with Crippen molar-refractivity contribution in [2.24, 2.45) is 0 Å². The van der Waals surface area contributed by atoms with Gasteiger partial charge in [-0.05, 0) is 0 Å². The Balaban J connectivity index is 1.79. The van der Waals surface area contributed by atoms with Crippen LogP contribution in [0.4, 0.5) is 0 Å². The van der Waals surface area contributed by atoms with Crippen molar-refractivity contribution in [2.45, 2.75) is 19.6 Å². The Bertz CT molecular complexity index is 392. The van der Waals surface area contributed by atoms with Gasteiger partial charge in [-0.2, -0.15) is 0 Å². The summed E-state index contributed by atoms with van der Waals surface area (Å²) in [4.78, 5) is 25.6. The van der Waals surface area contributed by atoms with Gasteiger partial charge in [0, 0.05) is 59.3 Å². The molecule has 7 heteroatoms. The van der Waals surface area contributed by atoms with Crippen LogP contribution in [0.5, 0.6) is 0 Å². The van der Waals surface area contributed by atoms with Gasteiger partial charge in [-0.1, -0.05) is 0 Å². The number of ether oxygens (including phenoxy) is 2. The topological polar surface area (TPSA) is 79.9 Å². The molecule has 112 valence electrons. The zero-order valence-corrected chi connectivity index (χ0v) is 11.9. The molecule has 7 nitrogen and oxygen atoms in total. The number of hydrogen-bond acceptors (Lipinski definition) is 7. The van der Waals surface area contributed by atoms with Gasteiger partial charge in [-0.25, -0.2) is 9.59 Å². The van der Waals surface area contributed by atoms with E-state index in [-0.39, 0.29) is 5.57 Å². The van der Waals surface area contributed by atoms with Gasteiger partial charge in [0.25, 0.3) is 5.79 Å². The van der Waals surface area contributed by atoms with Gasteiger partial charge in [0.1, 0.15) is 0 Å². The average Bonchev–Trinajstić information content (AvgIpc) is 2.37. The Morgan fingerprint density at radius 1 is 1.25 bits per heavy atom. The van der Waals surface area contributed by atoms with Gasteiger partial charge in [0.05, 0.1) is 0 Å². The first-order valence-corrected chi connectivity index (χ1v) is 6.81. The molecule has 0 aromatic carbocycles. The largest absolute Gasteiger partial charge is 0.419 e. The Kier molecular flexibility index (Phi) is 4.61. The predicted octanol–water partition coefficient (Wildman–Crippen LogP) is -0.799. The molecule has 2 aliphatic heterocycles. The first-order valence-electron chi connectivity index (χ1n) is 6.81. The van der Waals surface area contributed by atoms with Crippen molar-refractivity contribution in [3.63, 3.8) is 0 Å². The fourth-order valence-corrected chi connectivity index (χ4v) is 2.11. The molecule has 2 saturated heterocycles. The van der Waals surface area contributed by atoms with Crippen LogP contribution >= 0.6 is 0 Å². The SMILES string of the molecule is CC1(C)OC(=O)C(=CNCCN2CCNCC2)C(=O)O1. The van der Waals surface area contributed by atoms with Gasteiger partial charge in [0.2, 0.25) is 0 Å². The summed E-state index contributed by atoms with van der Waals surface area (Å²) >= 11 is 0. The number of rotatable bonds is 4. The highest BCUT2D eigenvalue weighted by Gasteiger charge is 2.38. The summed E-state index contributed by atoms with van der Waals surface area (Å²) in [5, 5.41) is 6.24. The second-order valence-corrected chi connectivity index (χ2v) is 5.28. The van der Waals surface area contributed by atoms with E-state index in [1.54, 1.807) is 0 Å². The summed E-state index contributed by atoms with van der Waals surface area (Å²) < 4.78 is 9.99. The van der Waals surface area contributed by atoms with Crippen LogP contribution in [0.3, 0.4) is 0 Å². The molecule has 0 bridgehead atoms. The lowest BCUT2D eigenvalue weighted by Gasteiger charge is -2.30. The standard InChI is InChI=1S/C13H21N3O4/c1-13(2)19-11(17)10(12(18)20-13)9-15-5-8-16-6-3-14-4-7-16/h9,14-15H,3-8H2,1-2H3. The molecule has 0 amide bonds. The van der Waals surface area contributed by atoms with Crippen LogP contribution in [-0.2, 0) is 19.1 Å². The lowest BCUT2D eigenvalue weighted by Crippen LogP contribution is -2.45. The first kappa shape index (κ1) is 14.8. The summed E-state index contributed by atoms with van der Waals surface area (Å²) in [7, 11) is 0. The normalized spacial score (nSPS) is 23.0. The number of carbonyl (C=O) groups excluding carboxylic acids is 2. The van der Waals surface area contributed by atoms with Crippen LogP contribution in [0, 0.1) is 0 Å². The minimum atomic E-state index is -1.19. The molecule has 0 aliphatic carbocycles. The van der Waals surface area contributed by atoms with Crippen LogP contribution in [-0.4, -0.2) is 61.9 Å². The van der Waals surface area contributed by atoms with Gasteiger partial charge < -0.3 is 20.1 Å². The predicted molar refractivity (Wildman–Crippen MR) is 71.7 cm³/mol. The molecular formula is C13H21N3O4. The van der Waals surface area contributed by atoms with Crippen LogP contribution in [0.15, 0.2) is 11.8 Å². The zero-order chi connectivity index (χ0) is 14.6. The molecule has 0 aromatic heterocycles. The maximum Gasteiger partial charge on any atom is 0.350 e. The van der Waals surface area contributed by atoms with E-state index in [2.05, 4.69) is 15.5 Å². The first-order chi connectivity index (χ1) is 9.48. The number of carbonyl (C=O) groups is 2. The van der Waals surface area contributed by atoms with Crippen molar-refractivity contribution in [3.8, 4) is 0 Å². The van der Waals surface area contributed by atoms with E-state index in [0.717, 1.165) is 32.7 Å². The molecule has 0 atom stereocenters. The second-order valence-electron chi connectivity index (χ2n) is 5.28. The van der Waals surface area contributed by atoms with Gasteiger partial charge in [-0.15, -0.1) is 0 Å². The van der Waals surface area contributed by atoms with Crippen molar-refractivity contribution in [1.29, 1.82) is 0 Å². The van der Waals surface area contributed by atoms with Crippen LogP contribution in [0.2, 0.25) is 0 Å². The van der Waals surface area contributed by atoms with Crippen molar-refractivity contribution in [1.82, 2.24) is 15.5 Å². The minimum absolute atomic E-state index is 0.0929. The van der Waals surface area contributed by atoms with Gasteiger partial charge in [0.15, 0.2) is 5.57 Å². The van der Waals surface area contributed by atoms with Gasteiger partial charge in [-0.3, -0.25) is 4.90 Å². The molecular weight excluding hydrogens is 262 g/mol. The number of piperazine rings is 1. The molecule has 0 radical (unpaired) electrons. The quantitative estimate of drug-likeness (QED) is 0.303. The van der Waals surface area contributed by atoms with Crippen LogP contribution in [0.1, 0.15) is 13.8 Å². The van der Waals surface area contributed by atoms with E-state index in [9.17, 15) is 9.59 Å². The van der Waals surface area contributed by atoms with Crippen molar-refractivity contribution >= 4 is 11.9 Å². The molecule has 0 aromatic rings. The molecule has 2 aliphatic rings. The van der Waals surface area contributed by atoms with E-state index in [1.807, 2.05) is 0 Å². The zero-order valence-electron chi connectivity index (χ0n) is 11.9. The fourth-order valence-electron chi connectivity index (χ4n) is 2.11. The number of hydrogen-bond donors (Lipinski definition) is 2. The lowest BCUT2D eigenvalue weighted by molar-refractivity contribution is -0.222. The number of esters is 2. The highest BCUT2D eigenvalue weighted by molar-refractivity contribution is 6.15. The summed E-state index contributed by atoms with van der Waals surface area (Å²) in [5.41, 5.74) is -0.0929. The van der Waals surface area contributed by atoms with E-state index in [0.29, 0.717) is 6.54 Å². The molecule has 2 rings (SSSR count). The number of nitrogens with zero attached hydrogens (tertiary/aromatic N) is 1. The van der Waals surface area contributed by atoms with Crippen molar-refractivity contribution in [2.75, 3.05) is 39.3 Å². The number of nitrogens with one attached hydrogen (secondary N) is 2. The molecule has 0 saturated carbocycles. The van der Waals surface area contributed by atoms with E-state index in [4.69, 9.17) is 9.47 Å². The molecule has 2 heterocycles. The third-order valence-corrected chi connectivity index (χ3v) is 3.15. The lowest BCUT2D eigenvalue weighted by atomic mass is 10.2. The molecule has 20 heavy (non-hydrogen) atoms. The monoisotopic (exact) mass is 283 g/mol. The molecule has 2 N–H and O–H groups in total. The Labute approximate surface area is 118 Å². The average molecular weight is 283 g/mol. The summed E-state index contributed by atoms with van der Waals surface area (Å²) in [5.74, 6) is -2.49. The van der Waals surface area contributed by atoms with Crippen molar-refractivity contribution in [3.05, 3.63) is 11.8 Å². The summed E-state index contributed by atoms with van der Waals surface area (Å²) in [6, 6.07) is 0. The second kappa shape index (κ2) is 6.23. The molecule has 0 spiro atoms. The third kappa shape index (κ3) is 3.94. The highest BCUT2D eigenvalue weighted by atomic mass is 16.7. The Morgan fingerprint density at radius 2 is 1.85 bits per heavy atom. The Morgan fingerprint density at radius 3 is 2.45 bits per heavy atom. The molecule has 0 unspecified atom stereocenters. The highest BCUT2D eigenvalue weighted by Crippen LogP contribution is 2.21. The summed E-state index contributed by atoms with van der Waals surface area (Å²) in [6.45, 7) is 8.58. The minimum Gasteiger partial charge on any atom is -0.419 e. The van der Waals surface area contributed by atoms with E-state index >= 15 is 0 Å². The molecule has 2 fully saturated rings. The third-order valence-electron chi connectivity index (χ3n) is 3.15. The Hall–Kier alpha value is -1.60. The van der Waals surface area contributed by atoms with E-state index < -0.39 is 17.7 Å². The maximum atomic E-state index is 11.7. The van der Waals surface area contributed by atoms with Crippen molar-refractivity contribution < 1.29 is 19.1 Å². The van der Waals surface area contributed by atoms with Crippen LogP contribution in [0.25, 0.3) is 0 Å². The number of cyclic esters (lactones) is 2. The smallest absolute Gasteiger partial charge is 0.350 e. The van der Waals surface area contributed by atoms with Gasteiger partial charge >= 0.3 is 11.9 Å².